The number of carbonyl (C=O) groups excluding carboxylic acids is 2. The van der Waals surface area contributed by atoms with Gasteiger partial charge in [0, 0.05) is 32.7 Å². The molecule has 1 aromatic heterocycles. The lowest BCUT2D eigenvalue weighted by Crippen LogP contribution is -2.24. The van der Waals surface area contributed by atoms with E-state index in [-0.39, 0.29) is 23.1 Å². The number of hydrogen-bond acceptors (Lipinski definition) is 5. The standard InChI is InChI=1S/C17H21N3O4S2/c1-20(2)26(23,24)14-7-3-6-13(12-14)19-16(21)9-4-10-18-17(22)15-8-5-11-25-15/h3,5-8,11-12H,4,9-10H2,1-2H3,(H,18,22)(H,19,21). The molecule has 0 unspecified atom stereocenters. The molecule has 1 heterocycles. The van der Waals surface area contributed by atoms with Gasteiger partial charge in [0.25, 0.3) is 5.91 Å². The zero-order chi connectivity index (χ0) is 19.2. The van der Waals surface area contributed by atoms with Gasteiger partial charge in [-0.15, -0.1) is 11.3 Å². The Morgan fingerprint density at radius 2 is 1.92 bits per heavy atom. The van der Waals surface area contributed by atoms with Gasteiger partial charge >= 0.3 is 0 Å². The summed E-state index contributed by atoms with van der Waals surface area (Å²) < 4.78 is 25.3. The quantitative estimate of drug-likeness (QED) is 0.670. The minimum absolute atomic E-state index is 0.114. The Bertz CT molecular complexity index is 862. The van der Waals surface area contributed by atoms with Crippen LogP contribution in [0.25, 0.3) is 0 Å². The Labute approximate surface area is 157 Å². The number of carbonyl (C=O) groups is 2. The fraction of sp³-hybridized carbons (Fsp3) is 0.294. The number of sulfonamides is 1. The fourth-order valence-electron chi connectivity index (χ4n) is 2.11. The van der Waals surface area contributed by atoms with Crippen LogP contribution in [0.2, 0.25) is 0 Å². The van der Waals surface area contributed by atoms with Gasteiger partial charge in [0.1, 0.15) is 0 Å². The van der Waals surface area contributed by atoms with E-state index < -0.39 is 10.0 Å². The molecule has 2 aromatic rings. The van der Waals surface area contributed by atoms with Crippen molar-refractivity contribution in [3.63, 3.8) is 0 Å². The van der Waals surface area contributed by atoms with Crippen LogP contribution in [0.1, 0.15) is 22.5 Å². The van der Waals surface area contributed by atoms with Crippen molar-refractivity contribution >= 4 is 38.9 Å². The van der Waals surface area contributed by atoms with Gasteiger partial charge in [0.05, 0.1) is 9.77 Å². The Hall–Kier alpha value is -2.23. The number of nitrogens with one attached hydrogen (secondary N) is 2. The number of anilines is 1. The third-order valence-corrected chi connectivity index (χ3v) is 6.19. The highest BCUT2D eigenvalue weighted by molar-refractivity contribution is 7.89. The predicted octanol–water partition coefficient (Wildman–Crippen LogP) is 2.15. The molecule has 0 fully saturated rings. The highest BCUT2D eigenvalue weighted by Crippen LogP contribution is 2.18. The molecule has 0 bridgehead atoms. The van der Waals surface area contributed by atoms with E-state index in [2.05, 4.69) is 10.6 Å². The SMILES string of the molecule is CN(C)S(=O)(=O)c1cccc(NC(=O)CCCNC(=O)c2cccs2)c1. The van der Waals surface area contributed by atoms with E-state index in [0.29, 0.717) is 23.5 Å². The van der Waals surface area contributed by atoms with Gasteiger partial charge in [-0.1, -0.05) is 12.1 Å². The smallest absolute Gasteiger partial charge is 0.261 e. The second-order valence-electron chi connectivity index (χ2n) is 5.70. The van der Waals surface area contributed by atoms with Crippen LogP contribution in [-0.4, -0.2) is 45.2 Å². The maximum absolute atomic E-state index is 12.1. The molecule has 1 aromatic carbocycles. The van der Waals surface area contributed by atoms with Crippen molar-refractivity contribution in [2.45, 2.75) is 17.7 Å². The predicted molar refractivity (Wildman–Crippen MR) is 102 cm³/mol. The monoisotopic (exact) mass is 395 g/mol. The maximum Gasteiger partial charge on any atom is 0.261 e. The zero-order valence-electron chi connectivity index (χ0n) is 14.6. The van der Waals surface area contributed by atoms with Gasteiger partial charge in [-0.25, -0.2) is 12.7 Å². The first-order valence-electron chi connectivity index (χ1n) is 7.95. The largest absolute Gasteiger partial charge is 0.351 e. The average Bonchev–Trinajstić information content (AvgIpc) is 3.13. The van der Waals surface area contributed by atoms with Crippen LogP contribution < -0.4 is 10.6 Å². The van der Waals surface area contributed by atoms with E-state index in [0.717, 1.165) is 4.31 Å². The van der Waals surface area contributed by atoms with Crippen molar-refractivity contribution in [1.29, 1.82) is 0 Å². The molecule has 2 N–H and O–H groups in total. The summed E-state index contributed by atoms with van der Waals surface area (Å²) in [7, 11) is -0.653. The summed E-state index contributed by atoms with van der Waals surface area (Å²) in [6, 6.07) is 9.65. The van der Waals surface area contributed by atoms with Gasteiger partial charge in [0.2, 0.25) is 15.9 Å². The minimum Gasteiger partial charge on any atom is -0.351 e. The average molecular weight is 396 g/mol. The van der Waals surface area contributed by atoms with Crippen molar-refractivity contribution in [3.8, 4) is 0 Å². The molecule has 26 heavy (non-hydrogen) atoms. The van der Waals surface area contributed by atoms with E-state index in [4.69, 9.17) is 0 Å². The summed E-state index contributed by atoms with van der Waals surface area (Å²) >= 11 is 1.36. The van der Waals surface area contributed by atoms with Crippen LogP contribution in [-0.2, 0) is 14.8 Å². The summed E-state index contributed by atoms with van der Waals surface area (Å²) in [5.74, 6) is -0.392. The van der Waals surface area contributed by atoms with Crippen molar-refractivity contribution in [2.75, 3.05) is 26.0 Å². The first kappa shape index (κ1) is 20.1. The van der Waals surface area contributed by atoms with E-state index in [1.165, 1.54) is 37.6 Å². The molecule has 0 saturated carbocycles. The Kier molecular flexibility index (Phi) is 6.90. The summed E-state index contributed by atoms with van der Waals surface area (Å²) in [5, 5.41) is 7.26. The van der Waals surface area contributed by atoms with Crippen molar-refractivity contribution in [3.05, 3.63) is 46.7 Å². The van der Waals surface area contributed by atoms with Crippen LogP contribution in [0.4, 0.5) is 5.69 Å². The number of amides is 2. The number of rotatable bonds is 8. The Balaban J connectivity index is 1.82. The highest BCUT2D eigenvalue weighted by atomic mass is 32.2. The molecule has 7 nitrogen and oxygen atoms in total. The molecule has 0 spiro atoms. The highest BCUT2D eigenvalue weighted by Gasteiger charge is 2.17. The Morgan fingerprint density at radius 1 is 1.15 bits per heavy atom. The summed E-state index contributed by atoms with van der Waals surface area (Å²) in [6.07, 6.45) is 0.702. The van der Waals surface area contributed by atoms with Crippen molar-refractivity contribution < 1.29 is 18.0 Å². The molecule has 0 saturated heterocycles. The van der Waals surface area contributed by atoms with Crippen LogP contribution >= 0.6 is 11.3 Å². The van der Waals surface area contributed by atoms with Gasteiger partial charge in [-0.3, -0.25) is 9.59 Å². The first-order chi connectivity index (χ1) is 12.3. The van der Waals surface area contributed by atoms with Gasteiger partial charge < -0.3 is 10.6 Å². The van der Waals surface area contributed by atoms with Gasteiger partial charge in [-0.2, -0.15) is 0 Å². The van der Waals surface area contributed by atoms with E-state index in [1.807, 2.05) is 5.38 Å². The van der Waals surface area contributed by atoms with Crippen molar-refractivity contribution in [2.24, 2.45) is 0 Å². The third-order valence-electron chi connectivity index (χ3n) is 3.51. The van der Waals surface area contributed by atoms with E-state index in [9.17, 15) is 18.0 Å². The first-order valence-corrected chi connectivity index (χ1v) is 10.3. The topological polar surface area (TPSA) is 95.6 Å². The normalized spacial score (nSPS) is 11.3. The lowest BCUT2D eigenvalue weighted by atomic mass is 10.2. The molecule has 0 aliphatic carbocycles. The molecule has 0 atom stereocenters. The molecule has 0 radical (unpaired) electrons. The van der Waals surface area contributed by atoms with E-state index >= 15 is 0 Å². The lowest BCUT2D eigenvalue weighted by molar-refractivity contribution is -0.116. The molecule has 2 amide bonds. The second kappa shape index (κ2) is 8.93. The van der Waals surface area contributed by atoms with Gasteiger partial charge in [-0.05, 0) is 36.1 Å². The third kappa shape index (κ3) is 5.38. The van der Waals surface area contributed by atoms with Gasteiger partial charge in [0.15, 0.2) is 0 Å². The number of benzene rings is 1. The summed E-state index contributed by atoms with van der Waals surface area (Å²) in [4.78, 5) is 24.5. The molecule has 9 heteroatoms. The molecule has 140 valence electrons. The van der Waals surface area contributed by atoms with Crippen LogP contribution in [0, 0.1) is 0 Å². The minimum atomic E-state index is -3.55. The number of nitrogens with zero attached hydrogens (tertiary/aromatic N) is 1. The zero-order valence-corrected chi connectivity index (χ0v) is 16.2. The number of thiophene rings is 1. The summed E-state index contributed by atoms with van der Waals surface area (Å²) in [5.41, 5.74) is 0.417. The lowest BCUT2D eigenvalue weighted by Gasteiger charge is -2.12. The van der Waals surface area contributed by atoms with Crippen LogP contribution in [0.5, 0.6) is 0 Å². The van der Waals surface area contributed by atoms with Crippen molar-refractivity contribution in [1.82, 2.24) is 9.62 Å². The van der Waals surface area contributed by atoms with E-state index in [1.54, 1.807) is 24.3 Å². The second-order valence-corrected chi connectivity index (χ2v) is 8.80. The fourth-order valence-corrected chi connectivity index (χ4v) is 3.70. The van der Waals surface area contributed by atoms with Crippen LogP contribution in [0.15, 0.2) is 46.7 Å². The summed E-state index contributed by atoms with van der Waals surface area (Å²) in [6.45, 7) is 0.388. The molecule has 0 aliphatic rings. The Morgan fingerprint density at radius 3 is 2.58 bits per heavy atom. The maximum atomic E-state index is 12.1. The molecular formula is C17H21N3O4S2. The molecule has 0 aliphatic heterocycles. The number of hydrogen-bond donors (Lipinski definition) is 2. The molecular weight excluding hydrogens is 374 g/mol. The molecule has 2 rings (SSSR count). The van der Waals surface area contributed by atoms with Crippen LogP contribution in [0.3, 0.4) is 0 Å².